The van der Waals surface area contributed by atoms with Crippen molar-refractivity contribution in [1.29, 1.82) is 0 Å². The molecule has 2 aliphatic heterocycles. The van der Waals surface area contributed by atoms with Crippen molar-refractivity contribution in [3.8, 4) is 0 Å². The Morgan fingerprint density at radius 3 is 2.38 bits per heavy atom. The van der Waals surface area contributed by atoms with E-state index in [9.17, 15) is 10.2 Å². The van der Waals surface area contributed by atoms with Gasteiger partial charge in [0.2, 0.25) is 0 Å². The molecule has 3 N–H and O–H groups in total. The maximum atomic E-state index is 10.1. The van der Waals surface area contributed by atoms with Gasteiger partial charge >= 0.3 is 0 Å². The lowest BCUT2D eigenvalue weighted by atomic mass is 9.93. The summed E-state index contributed by atoms with van der Waals surface area (Å²) in [6.07, 6.45) is 3.01. The largest absolute Gasteiger partial charge is 0.400 e. The van der Waals surface area contributed by atoms with Crippen molar-refractivity contribution in [3.05, 3.63) is 12.2 Å². The molecule has 2 saturated heterocycles. The average Bonchev–Trinajstić information content (AvgIpc) is 2.53. The van der Waals surface area contributed by atoms with E-state index in [-0.39, 0.29) is 18.5 Å². The molecule has 0 amide bonds. The molecule has 0 radical (unpaired) electrons. The summed E-state index contributed by atoms with van der Waals surface area (Å²) < 4.78 is 17.0. The van der Waals surface area contributed by atoms with Crippen LogP contribution in [-0.4, -0.2) is 65.8 Å². The van der Waals surface area contributed by atoms with E-state index in [0.29, 0.717) is 19.4 Å². The highest BCUT2D eigenvalue weighted by Crippen LogP contribution is 2.30. The first kappa shape index (κ1) is 18.5. The number of allylic oxidation sites excluding steroid dienone is 1. The van der Waals surface area contributed by atoms with E-state index in [1.54, 1.807) is 0 Å². The predicted molar refractivity (Wildman–Crippen MR) is 77.8 cm³/mol. The molecule has 0 spiro atoms. The van der Waals surface area contributed by atoms with Gasteiger partial charge in [0.15, 0.2) is 6.29 Å². The zero-order chi connectivity index (χ0) is 15.8. The lowest BCUT2D eigenvalue weighted by Crippen LogP contribution is -2.62. The highest BCUT2D eigenvalue weighted by atomic mass is 16.7. The van der Waals surface area contributed by atoms with Gasteiger partial charge in [0, 0.05) is 13.5 Å². The second-order valence-corrected chi connectivity index (χ2v) is 5.08. The lowest BCUT2D eigenvalue weighted by molar-refractivity contribution is -0.324. The van der Waals surface area contributed by atoms with Gasteiger partial charge in [-0.1, -0.05) is 26.0 Å². The van der Waals surface area contributed by atoms with Crippen LogP contribution in [0.4, 0.5) is 0 Å². The Morgan fingerprint density at radius 2 is 1.76 bits per heavy atom. The van der Waals surface area contributed by atoms with Gasteiger partial charge < -0.3 is 29.5 Å². The van der Waals surface area contributed by atoms with Crippen molar-refractivity contribution < 1.29 is 29.5 Å². The Morgan fingerprint density at radius 1 is 1.05 bits per heavy atom. The summed E-state index contributed by atoms with van der Waals surface area (Å²) >= 11 is 0. The highest BCUT2D eigenvalue weighted by Gasteiger charge is 2.47. The van der Waals surface area contributed by atoms with Crippen LogP contribution in [0.2, 0.25) is 0 Å². The Bertz CT molecular complexity index is 307. The van der Waals surface area contributed by atoms with Gasteiger partial charge in [-0.05, 0) is 12.8 Å². The molecule has 2 heterocycles. The zero-order valence-electron chi connectivity index (χ0n) is 13.0. The first-order chi connectivity index (χ1) is 10.2. The standard InChI is InChI=1S/C14H24O5.CH4O/c1-3-5-6-7-11-17-8-10-14(19-11)13(16)12(15)9(4-2)18-10;1-2/h5-6,9-16H,3-4,7-8H2,1-2H3;2H,1H3/b6-5-;. The van der Waals surface area contributed by atoms with E-state index in [4.69, 9.17) is 19.3 Å². The molecule has 6 atom stereocenters. The summed E-state index contributed by atoms with van der Waals surface area (Å²) in [5, 5.41) is 27.1. The average molecular weight is 304 g/mol. The molecule has 2 rings (SSSR count). The van der Waals surface area contributed by atoms with Crippen LogP contribution >= 0.6 is 0 Å². The third kappa shape index (κ3) is 4.74. The van der Waals surface area contributed by atoms with Crippen molar-refractivity contribution in [2.24, 2.45) is 0 Å². The molecule has 2 aliphatic rings. The molecule has 2 fully saturated rings. The van der Waals surface area contributed by atoms with E-state index in [1.165, 1.54) is 0 Å². The molecule has 0 aromatic carbocycles. The fourth-order valence-electron chi connectivity index (χ4n) is 2.57. The Hall–Kier alpha value is -0.500. The van der Waals surface area contributed by atoms with Gasteiger partial charge in [-0.25, -0.2) is 0 Å². The van der Waals surface area contributed by atoms with Gasteiger partial charge in [-0.2, -0.15) is 0 Å². The van der Waals surface area contributed by atoms with E-state index in [1.807, 2.05) is 13.0 Å². The maximum absolute atomic E-state index is 10.1. The fraction of sp³-hybridized carbons (Fsp3) is 0.867. The molecular formula is C15H28O6. The summed E-state index contributed by atoms with van der Waals surface area (Å²) in [5.41, 5.74) is 0. The van der Waals surface area contributed by atoms with Crippen LogP contribution < -0.4 is 0 Å². The van der Waals surface area contributed by atoms with Crippen LogP contribution in [0.3, 0.4) is 0 Å². The molecule has 0 aromatic heterocycles. The van der Waals surface area contributed by atoms with Crippen molar-refractivity contribution in [1.82, 2.24) is 0 Å². The van der Waals surface area contributed by atoms with Crippen LogP contribution in [-0.2, 0) is 14.2 Å². The smallest absolute Gasteiger partial charge is 0.161 e. The zero-order valence-corrected chi connectivity index (χ0v) is 13.0. The van der Waals surface area contributed by atoms with Crippen molar-refractivity contribution >= 4 is 0 Å². The molecule has 124 valence electrons. The van der Waals surface area contributed by atoms with Crippen LogP contribution in [0.5, 0.6) is 0 Å². The summed E-state index contributed by atoms with van der Waals surface area (Å²) in [4.78, 5) is 0. The molecule has 21 heavy (non-hydrogen) atoms. The van der Waals surface area contributed by atoms with Crippen LogP contribution in [0.1, 0.15) is 33.1 Å². The summed E-state index contributed by atoms with van der Waals surface area (Å²) in [6.45, 7) is 4.38. The SMILES string of the molecule is CC/C=C\CC1OCC2OC(CC)C(O)C(O)C2O1.CO. The minimum atomic E-state index is -0.912. The predicted octanol–water partition coefficient (Wildman–Crippen LogP) is 0.592. The van der Waals surface area contributed by atoms with E-state index in [2.05, 4.69) is 13.0 Å². The number of aliphatic hydroxyl groups is 3. The lowest BCUT2D eigenvalue weighted by Gasteiger charge is -2.46. The minimum absolute atomic E-state index is 0.297. The topological polar surface area (TPSA) is 88.4 Å². The molecule has 0 aliphatic carbocycles. The monoisotopic (exact) mass is 304 g/mol. The van der Waals surface area contributed by atoms with Gasteiger partial charge in [-0.15, -0.1) is 0 Å². The maximum Gasteiger partial charge on any atom is 0.161 e. The summed E-state index contributed by atoms with van der Waals surface area (Å²) in [5.74, 6) is 0. The van der Waals surface area contributed by atoms with Crippen LogP contribution in [0.15, 0.2) is 12.2 Å². The van der Waals surface area contributed by atoms with Crippen LogP contribution in [0.25, 0.3) is 0 Å². The summed E-state index contributed by atoms with van der Waals surface area (Å²) in [6, 6.07) is 0. The third-order valence-electron chi connectivity index (χ3n) is 3.67. The first-order valence-corrected chi connectivity index (χ1v) is 7.55. The van der Waals surface area contributed by atoms with Gasteiger partial charge in [0.1, 0.15) is 24.4 Å². The Kier molecular flexibility index (Phi) is 8.39. The molecule has 6 heteroatoms. The molecule has 6 nitrogen and oxygen atoms in total. The van der Waals surface area contributed by atoms with Gasteiger partial charge in [0.25, 0.3) is 0 Å². The number of aliphatic hydroxyl groups excluding tert-OH is 3. The number of rotatable bonds is 4. The van der Waals surface area contributed by atoms with E-state index < -0.39 is 18.3 Å². The molecule has 0 saturated carbocycles. The Labute approximate surface area is 126 Å². The Balaban J connectivity index is 0.00000106. The number of hydrogen-bond acceptors (Lipinski definition) is 6. The number of hydrogen-bond donors (Lipinski definition) is 3. The molecule has 6 unspecified atom stereocenters. The second kappa shape index (κ2) is 9.50. The highest BCUT2D eigenvalue weighted by molar-refractivity contribution is 4.95. The van der Waals surface area contributed by atoms with Crippen LogP contribution in [0, 0.1) is 0 Å². The number of ether oxygens (including phenoxy) is 3. The van der Waals surface area contributed by atoms with Gasteiger partial charge in [0.05, 0.1) is 12.7 Å². The van der Waals surface area contributed by atoms with Crippen molar-refractivity contribution in [2.45, 2.75) is 69.9 Å². The number of fused-ring (bicyclic) bond motifs is 1. The summed E-state index contributed by atoms with van der Waals surface area (Å²) in [7, 11) is 1.00. The van der Waals surface area contributed by atoms with Gasteiger partial charge in [-0.3, -0.25) is 0 Å². The minimum Gasteiger partial charge on any atom is -0.400 e. The fourth-order valence-corrected chi connectivity index (χ4v) is 2.57. The second-order valence-electron chi connectivity index (χ2n) is 5.08. The first-order valence-electron chi connectivity index (χ1n) is 7.55. The molecule has 0 aromatic rings. The molecular weight excluding hydrogens is 276 g/mol. The normalized spacial score (nSPS) is 39.5. The quantitative estimate of drug-likeness (QED) is 0.659. The third-order valence-corrected chi connectivity index (χ3v) is 3.67. The van der Waals surface area contributed by atoms with Crippen molar-refractivity contribution in [3.63, 3.8) is 0 Å². The van der Waals surface area contributed by atoms with E-state index >= 15 is 0 Å². The van der Waals surface area contributed by atoms with E-state index in [0.717, 1.165) is 13.5 Å². The van der Waals surface area contributed by atoms with Crippen molar-refractivity contribution in [2.75, 3.05) is 13.7 Å². The molecule has 0 bridgehead atoms.